The van der Waals surface area contributed by atoms with Crippen molar-refractivity contribution in [1.82, 2.24) is 4.98 Å². The Bertz CT molecular complexity index is 717. The van der Waals surface area contributed by atoms with Crippen LogP contribution in [-0.2, 0) is 6.18 Å². The van der Waals surface area contributed by atoms with E-state index in [1.165, 1.54) is 35.4 Å². The summed E-state index contributed by atoms with van der Waals surface area (Å²) in [6.45, 7) is 2.32. The van der Waals surface area contributed by atoms with E-state index in [-0.39, 0.29) is 17.1 Å². The number of alkyl halides is 3. The van der Waals surface area contributed by atoms with Gasteiger partial charge in [-0.2, -0.15) is 13.2 Å². The third-order valence-electron chi connectivity index (χ3n) is 3.49. The molecule has 0 unspecified atom stereocenters. The molecule has 24 heavy (non-hydrogen) atoms. The normalized spacial score (nSPS) is 11.3. The lowest BCUT2D eigenvalue weighted by molar-refractivity contribution is -0.137. The number of aromatic carboxylic acids is 1. The van der Waals surface area contributed by atoms with Crippen LogP contribution in [0, 0.1) is 0 Å². The molecule has 128 valence electrons. The second-order valence-corrected chi connectivity index (χ2v) is 5.23. The van der Waals surface area contributed by atoms with Gasteiger partial charge in [0.05, 0.1) is 5.56 Å². The van der Waals surface area contributed by atoms with Gasteiger partial charge in [0.1, 0.15) is 11.4 Å². The second kappa shape index (κ2) is 7.33. The Morgan fingerprint density at radius 3 is 2.62 bits per heavy atom. The van der Waals surface area contributed by atoms with Gasteiger partial charge in [-0.3, -0.25) is 0 Å². The van der Waals surface area contributed by atoms with Gasteiger partial charge in [0.15, 0.2) is 0 Å². The van der Waals surface area contributed by atoms with Gasteiger partial charge in [-0.1, -0.05) is 19.4 Å². The van der Waals surface area contributed by atoms with Crippen molar-refractivity contribution in [3.63, 3.8) is 0 Å². The van der Waals surface area contributed by atoms with Crippen LogP contribution in [0.1, 0.15) is 35.7 Å². The maximum Gasteiger partial charge on any atom is 0.416 e. The van der Waals surface area contributed by atoms with Crippen LogP contribution in [0.2, 0.25) is 0 Å². The molecule has 7 heteroatoms. The molecule has 1 heterocycles. The number of carboxylic acids is 1. The lowest BCUT2D eigenvalue weighted by atomic mass is 10.1. The van der Waals surface area contributed by atoms with E-state index < -0.39 is 17.7 Å². The molecule has 0 aliphatic rings. The summed E-state index contributed by atoms with van der Waals surface area (Å²) in [5.41, 5.74) is -0.570. The van der Waals surface area contributed by atoms with Crippen LogP contribution >= 0.6 is 0 Å². The average molecular weight is 338 g/mol. The Hall–Kier alpha value is -2.57. The summed E-state index contributed by atoms with van der Waals surface area (Å²) in [4.78, 5) is 17.0. The topological polar surface area (TPSA) is 53.4 Å². The fourth-order valence-corrected chi connectivity index (χ4v) is 2.30. The standard InChI is InChI=1S/C17H17F3N2O2/c1-2-3-10-22(15-14(16(23)24)8-5-9-21-15)13-7-4-6-12(11-13)17(18,19)20/h4-9,11H,2-3,10H2,1H3,(H,23,24). The van der Waals surface area contributed by atoms with E-state index >= 15 is 0 Å². The molecule has 0 aliphatic carbocycles. The van der Waals surface area contributed by atoms with E-state index in [1.54, 1.807) is 0 Å². The number of carboxylic acid groups (broad SMARTS) is 1. The van der Waals surface area contributed by atoms with Crippen molar-refractivity contribution in [3.05, 3.63) is 53.7 Å². The quantitative estimate of drug-likeness (QED) is 0.827. The minimum absolute atomic E-state index is 0.0500. The molecule has 0 bridgehead atoms. The molecule has 0 fully saturated rings. The maximum atomic E-state index is 13.0. The third kappa shape index (κ3) is 4.04. The smallest absolute Gasteiger partial charge is 0.416 e. The van der Waals surface area contributed by atoms with Crippen LogP contribution in [0.25, 0.3) is 0 Å². The van der Waals surface area contributed by atoms with E-state index in [4.69, 9.17) is 0 Å². The van der Waals surface area contributed by atoms with Crippen LogP contribution in [0.4, 0.5) is 24.7 Å². The number of anilines is 2. The van der Waals surface area contributed by atoms with Crippen LogP contribution in [-0.4, -0.2) is 22.6 Å². The highest BCUT2D eigenvalue weighted by atomic mass is 19.4. The minimum atomic E-state index is -4.47. The zero-order valence-electron chi connectivity index (χ0n) is 13.0. The van der Waals surface area contributed by atoms with E-state index in [0.29, 0.717) is 13.0 Å². The van der Waals surface area contributed by atoms with Gasteiger partial charge in [0.2, 0.25) is 0 Å². The number of nitrogens with zero attached hydrogens (tertiary/aromatic N) is 2. The Morgan fingerprint density at radius 1 is 1.25 bits per heavy atom. The highest BCUT2D eigenvalue weighted by Gasteiger charge is 2.31. The lowest BCUT2D eigenvalue weighted by Crippen LogP contribution is -2.22. The van der Waals surface area contributed by atoms with Crippen LogP contribution < -0.4 is 4.90 Å². The number of halogens is 3. The first-order chi connectivity index (χ1) is 11.3. The molecule has 0 spiro atoms. The Morgan fingerprint density at radius 2 is 2.00 bits per heavy atom. The summed E-state index contributed by atoms with van der Waals surface area (Å²) in [6, 6.07) is 7.69. The second-order valence-electron chi connectivity index (χ2n) is 5.23. The van der Waals surface area contributed by atoms with E-state index in [1.807, 2.05) is 6.92 Å². The highest BCUT2D eigenvalue weighted by molar-refractivity contribution is 5.94. The van der Waals surface area contributed by atoms with E-state index in [0.717, 1.165) is 18.6 Å². The molecule has 2 aromatic rings. The Balaban J connectivity index is 2.53. The predicted octanol–water partition coefficient (Wildman–Crippen LogP) is 4.74. The number of hydrogen-bond acceptors (Lipinski definition) is 3. The number of benzene rings is 1. The van der Waals surface area contributed by atoms with E-state index in [9.17, 15) is 23.1 Å². The summed E-state index contributed by atoms with van der Waals surface area (Å²) in [5, 5.41) is 9.32. The maximum absolute atomic E-state index is 13.0. The molecule has 0 atom stereocenters. The van der Waals surface area contributed by atoms with Crippen molar-refractivity contribution < 1.29 is 23.1 Å². The number of pyridine rings is 1. The Labute approximate surface area is 137 Å². The molecule has 1 aromatic heterocycles. The lowest BCUT2D eigenvalue weighted by Gasteiger charge is -2.25. The molecule has 0 amide bonds. The summed E-state index contributed by atoms with van der Waals surface area (Å²) < 4.78 is 38.9. The zero-order chi connectivity index (χ0) is 17.7. The van der Waals surface area contributed by atoms with Gasteiger partial charge in [0, 0.05) is 18.4 Å². The Kier molecular flexibility index (Phi) is 5.43. The van der Waals surface area contributed by atoms with Gasteiger partial charge >= 0.3 is 12.1 Å². The van der Waals surface area contributed by atoms with Crippen molar-refractivity contribution in [2.24, 2.45) is 0 Å². The summed E-state index contributed by atoms with van der Waals surface area (Å²) >= 11 is 0. The van der Waals surface area contributed by atoms with Crippen molar-refractivity contribution in [2.75, 3.05) is 11.4 Å². The first kappa shape index (κ1) is 17.8. The first-order valence-corrected chi connectivity index (χ1v) is 7.47. The minimum Gasteiger partial charge on any atom is -0.478 e. The van der Waals surface area contributed by atoms with Gasteiger partial charge < -0.3 is 10.0 Å². The number of hydrogen-bond donors (Lipinski definition) is 1. The van der Waals surface area contributed by atoms with Crippen LogP contribution in [0.5, 0.6) is 0 Å². The molecule has 2 rings (SSSR count). The predicted molar refractivity (Wildman–Crippen MR) is 84.6 cm³/mol. The summed E-state index contributed by atoms with van der Waals surface area (Å²) in [5.74, 6) is -1.04. The summed E-state index contributed by atoms with van der Waals surface area (Å²) in [6.07, 6.45) is -1.54. The van der Waals surface area contributed by atoms with Crippen LogP contribution in [0.15, 0.2) is 42.6 Å². The molecule has 0 radical (unpaired) electrons. The SMILES string of the molecule is CCCCN(c1cccc(C(F)(F)F)c1)c1ncccc1C(=O)O. The van der Waals surface area contributed by atoms with Crippen molar-refractivity contribution in [3.8, 4) is 0 Å². The number of carbonyl (C=O) groups is 1. The first-order valence-electron chi connectivity index (χ1n) is 7.47. The number of unbranched alkanes of at least 4 members (excludes halogenated alkanes) is 1. The van der Waals surface area contributed by atoms with Gasteiger partial charge in [-0.25, -0.2) is 9.78 Å². The monoisotopic (exact) mass is 338 g/mol. The molecule has 0 aliphatic heterocycles. The molecular weight excluding hydrogens is 321 g/mol. The number of rotatable bonds is 6. The number of aromatic nitrogens is 1. The van der Waals surface area contributed by atoms with Crippen molar-refractivity contribution >= 4 is 17.5 Å². The third-order valence-corrected chi connectivity index (χ3v) is 3.49. The zero-order valence-corrected chi connectivity index (χ0v) is 13.0. The molecule has 1 N–H and O–H groups in total. The molecular formula is C17H17F3N2O2. The molecule has 0 saturated carbocycles. The van der Waals surface area contributed by atoms with Crippen LogP contribution in [0.3, 0.4) is 0 Å². The van der Waals surface area contributed by atoms with Gasteiger partial charge in [-0.15, -0.1) is 0 Å². The van der Waals surface area contributed by atoms with Crippen molar-refractivity contribution in [1.29, 1.82) is 0 Å². The molecule has 0 saturated heterocycles. The molecule has 1 aromatic carbocycles. The summed E-state index contributed by atoms with van der Waals surface area (Å²) in [7, 11) is 0. The fraction of sp³-hybridized carbons (Fsp3) is 0.294. The largest absolute Gasteiger partial charge is 0.478 e. The highest BCUT2D eigenvalue weighted by Crippen LogP contribution is 2.34. The van der Waals surface area contributed by atoms with Crippen molar-refractivity contribution in [2.45, 2.75) is 25.9 Å². The average Bonchev–Trinajstić information content (AvgIpc) is 2.55. The molecule has 4 nitrogen and oxygen atoms in total. The van der Waals surface area contributed by atoms with Gasteiger partial charge in [-0.05, 0) is 36.8 Å². The fourth-order valence-electron chi connectivity index (χ4n) is 2.30. The van der Waals surface area contributed by atoms with Gasteiger partial charge in [0.25, 0.3) is 0 Å². The van der Waals surface area contributed by atoms with E-state index in [2.05, 4.69) is 4.98 Å².